The van der Waals surface area contributed by atoms with Crippen molar-refractivity contribution >= 4 is 30.9 Å². The standard InChI is InChI=1S/C34H40F3N3O8S2/c1-33(2,3)48-32(41)38-18-16-24(17-19-38)39(21-23-14-15-25(46-4)20-29(23)47-5)50(44,45)30-22-40(49(42,43)26-10-7-6-8-11-26)28-13-9-12-27(31(28)30)34(35,36)37/h6-15,20,22,24,32,41H,16-19,21H2,1-5H3. The Hall–Kier alpha value is -3.67. The molecule has 1 saturated heterocycles. The lowest BCUT2D eigenvalue weighted by Crippen LogP contribution is -2.51. The lowest BCUT2D eigenvalue weighted by Gasteiger charge is -2.40. The van der Waals surface area contributed by atoms with Crippen molar-refractivity contribution in [1.29, 1.82) is 0 Å². The van der Waals surface area contributed by atoms with Gasteiger partial charge >= 0.3 is 6.18 Å². The molecule has 50 heavy (non-hydrogen) atoms. The molecule has 0 aliphatic carbocycles. The van der Waals surface area contributed by atoms with Crippen LogP contribution in [0.2, 0.25) is 0 Å². The van der Waals surface area contributed by atoms with Gasteiger partial charge in [0.2, 0.25) is 16.4 Å². The molecule has 2 heterocycles. The van der Waals surface area contributed by atoms with Crippen LogP contribution >= 0.6 is 0 Å². The van der Waals surface area contributed by atoms with Crippen LogP contribution in [-0.4, -0.2) is 80.5 Å². The first-order chi connectivity index (χ1) is 23.4. The van der Waals surface area contributed by atoms with Crippen molar-refractivity contribution in [2.45, 2.75) is 74.2 Å². The van der Waals surface area contributed by atoms with Gasteiger partial charge in [0.1, 0.15) is 16.4 Å². The molecule has 11 nitrogen and oxygen atoms in total. The highest BCUT2D eigenvalue weighted by molar-refractivity contribution is 7.90. The third-order valence-corrected chi connectivity index (χ3v) is 12.0. The van der Waals surface area contributed by atoms with E-state index in [9.17, 15) is 35.1 Å². The fourth-order valence-electron chi connectivity index (χ4n) is 6.03. The molecule has 5 rings (SSSR count). The Morgan fingerprint density at radius 3 is 2.16 bits per heavy atom. The molecule has 272 valence electrons. The number of rotatable bonds is 11. The highest BCUT2D eigenvalue weighted by Crippen LogP contribution is 2.42. The SMILES string of the molecule is COc1ccc(CN(C2CCN(C(O)OC(C)(C)C)CC2)S(=O)(=O)c2cn(S(=O)(=O)c3ccccc3)c3cccc(C(F)(F)F)c23)c(OC)c1. The number of aliphatic hydroxyl groups is 1. The highest BCUT2D eigenvalue weighted by Gasteiger charge is 2.42. The smallest absolute Gasteiger partial charge is 0.417 e. The second-order valence-corrected chi connectivity index (χ2v) is 16.5. The van der Waals surface area contributed by atoms with Gasteiger partial charge in [-0.3, -0.25) is 4.90 Å². The fourth-order valence-corrected chi connectivity index (χ4v) is 9.36. The fraction of sp³-hybridized carbons (Fsp3) is 0.412. The first kappa shape index (κ1) is 37.6. The average Bonchev–Trinajstić information content (AvgIpc) is 3.48. The van der Waals surface area contributed by atoms with E-state index in [1.165, 1.54) is 38.5 Å². The molecule has 1 N–H and O–H groups in total. The van der Waals surface area contributed by atoms with Crippen LogP contribution < -0.4 is 9.47 Å². The van der Waals surface area contributed by atoms with Crippen molar-refractivity contribution in [3.63, 3.8) is 0 Å². The summed E-state index contributed by atoms with van der Waals surface area (Å²) < 4.78 is 120. The van der Waals surface area contributed by atoms with Gasteiger partial charge in [-0.25, -0.2) is 20.8 Å². The number of fused-ring (bicyclic) bond motifs is 1. The van der Waals surface area contributed by atoms with Crippen LogP contribution in [0.15, 0.2) is 82.7 Å². The summed E-state index contributed by atoms with van der Waals surface area (Å²) in [4.78, 5) is 0.591. The van der Waals surface area contributed by atoms with Crippen LogP contribution in [0, 0.1) is 0 Å². The van der Waals surface area contributed by atoms with Crippen molar-refractivity contribution in [2.75, 3.05) is 27.3 Å². The molecule has 1 aromatic heterocycles. The number of hydrogen-bond donors (Lipinski definition) is 1. The molecule has 3 aromatic carbocycles. The summed E-state index contributed by atoms with van der Waals surface area (Å²) in [5.74, 6) is 0.714. The molecule has 1 atom stereocenters. The molecule has 1 aliphatic rings. The highest BCUT2D eigenvalue weighted by atomic mass is 32.2. The molecule has 0 spiro atoms. The molecular weight excluding hydrogens is 700 g/mol. The van der Waals surface area contributed by atoms with Crippen molar-refractivity contribution in [2.24, 2.45) is 0 Å². The predicted molar refractivity (Wildman–Crippen MR) is 180 cm³/mol. The maximum atomic E-state index is 14.9. The van der Waals surface area contributed by atoms with E-state index in [1.54, 1.807) is 49.9 Å². The molecule has 1 unspecified atom stereocenters. The van der Waals surface area contributed by atoms with Gasteiger partial charge in [0, 0.05) is 48.9 Å². The second kappa shape index (κ2) is 14.2. The minimum absolute atomic E-state index is 0.176. The molecule has 0 radical (unpaired) electrons. The zero-order valence-corrected chi connectivity index (χ0v) is 29.8. The molecule has 4 aromatic rings. The number of piperidine rings is 1. The molecule has 0 saturated carbocycles. The number of aliphatic hydroxyl groups excluding tert-OH is 1. The van der Waals surface area contributed by atoms with Gasteiger partial charge in [-0.05, 0) is 63.9 Å². The number of sulfonamides is 1. The predicted octanol–water partition coefficient (Wildman–Crippen LogP) is 5.66. The van der Waals surface area contributed by atoms with E-state index in [0.29, 0.717) is 15.3 Å². The number of halogens is 3. The molecule has 16 heteroatoms. The first-order valence-corrected chi connectivity index (χ1v) is 18.6. The van der Waals surface area contributed by atoms with Crippen LogP contribution in [-0.2, 0) is 37.5 Å². The third-order valence-electron chi connectivity index (χ3n) is 8.45. The van der Waals surface area contributed by atoms with Crippen molar-refractivity contribution in [1.82, 2.24) is 13.2 Å². The quantitative estimate of drug-likeness (QED) is 0.194. The topological polar surface area (TPSA) is 128 Å². The van der Waals surface area contributed by atoms with E-state index in [4.69, 9.17) is 14.2 Å². The zero-order valence-electron chi connectivity index (χ0n) is 28.2. The Morgan fingerprint density at radius 2 is 1.58 bits per heavy atom. The van der Waals surface area contributed by atoms with E-state index in [0.717, 1.165) is 28.7 Å². The van der Waals surface area contributed by atoms with Crippen LogP contribution in [0.5, 0.6) is 11.5 Å². The Labute approximate surface area is 289 Å². The van der Waals surface area contributed by atoms with E-state index in [2.05, 4.69) is 0 Å². The molecular formula is C34H40F3N3O8S2. The lowest BCUT2D eigenvalue weighted by molar-refractivity contribution is -0.243. The summed E-state index contributed by atoms with van der Waals surface area (Å²) in [7, 11) is -6.59. The van der Waals surface area contributed by atoms with Gasteiger partial charge in [-0.1, -0.05) is 30.3 Å². The normalized spacial score (nSPS) is 16.2. The van der Waals surface area contributed by atoms with Crippen LogP contribution in [0.4, 0.5) is 13.2 Å². The number of hydrogen-bond acceptors (Lipinski definition) is 9. The zero-order chi connectivity index (χ0) is 36.6. The minimum atomic E-state index is -5.02. The number of aromatic nitrogens is 1. The summed E-state index contributed by atoms with van der Waals surface area (Å²) >= 11 is 0. The third kappa shape index (κ3) is 7.65. The van der Waals surface area contributed by atoms with E-state index in [1.807, 2.05) is 0 Å². The van der Waals surface area contributed by atoms with Gasteiger partial charge in [-0.15, -0.1) is 0 Å². The van der Waals surface area contributed by atoms with Crippen molar-refractivity contribution in [3.8, 4) is 11.5 Å². The summed E-state index contributed by atoms with van der Waals surface area (Å²) in [5.41, 5.74) is -2.01. The van der Waals surface area contributed by atoms with E-state index in [-0.39, 0.29) is 43.1 Å². The van der Waals surface area contributed by atoms with Crippen LogP contribution in [0.1, 0.15) is 44.7 Å². The van der Waals surface area contributed by atoms with Crippen molar-refractivity contribution in [3.05, 3.63) is 84.1 Å². The van der Waals surface area contributed by atoms with Crippen molar-refractivity contribution < 1.29 is 49.3 Å². The van der Waals surface area contributed by atoms with Gasteiger partial charge in [-0.2, -0.15) is 17.5 Å². The first-order valence-electron chi connectivity index (χ1n) is 15.7. The Balaban J connectivity index is 1.68. The largest absolute Gasteiger partial charge is 0.497 e. The number of ether oxygens (including phenoxy) is 3. The molecule has 0 amide bonds. The maximum Gasteiger partial charge on any atom is 0.417 e. The molecule has 1 fully saturated rings. The summed E-state index contributed by atoms with van der Waals surface area (Å²) in [6.45, 7) is 5.42. The Morgan fingerprint density at radius 1 is 0.920 bits per heavy atom. The van der Waals surface area contributed by atoms with Gasteiger partial charge in [0.25, 0.3) is 10.0 Å². The average molecular weight is 740 g/mol. The Kier molecular flexibility index (Phi) is 10.6. The molecule has 0 bridgehead atoms. The number of nitrogens with zero attached hydrogens (tertiary/aromatic N) is 3. The van der Waals surface area contributed by atoms with Crippen LogP contribution in [0.3, 0.4) is 0 Å². The van der Waals surface area contributed by atoms with E-state index >= 15 is 0 Å². The second-order valence-electron chi connectivity index (χ2n) is 12.9. The number of benzene rings is 3. The number of alkyl halides is 3. The minimum Gasteiger partial charge on any atom is -0.497 e. The maximum absolute atomic E-state index is 14.9. The number of methoxy groups -OCH3 is 2. The summed E-state index contributed by atoms with van der Waals surface area (Å²) in [6, 6.07) is 13.9. The summed E-state index contributed by atoms with van der Waals surface area (Å²) in [6.07, 6.45) is -5.18. The lowest BCUT2D eigenvalue weighted by atomic mass is 10.0. The molecule has 1 aliphatic heterocycles. The van der Waals surface area contributed by atoms with E-state index < -0.39 is 65.6 Å². The van der Waals surface area contributed by atoms with Crippen LogP contribution in [0.25, 0.3) is 10.9 Å². The van der Waals surface area contributed by atoms with Gasteiger partial charge < -0.3 is 19.3 Å². The summed E-state index contributed by atoms with van der Waals surface area (Å²) in [5, 5.41) is 9.93. The van der Waals surface area contributed by atoms with Gasteiger partial charge in [0.05, 0.1) is 35.8 Å². The van der Waals surface area contributed by atoms with Gasteiger partial charge in [0.15, 0.2) is 0 Å². The Bertz CT molecular complexity index is 2040. The monoisotopic (exact) mass is 739 g/mol. The number of likely N-dealkylation sites (tertiary alicyclic amines) is 1.